The molecule has 0 spiro atoms. The first-order valence-corrected chi connectivity index (χ1v) is 4.25. The highest BCUT2D eigenvalue weighted by molar-refractivity contribution is 5.27. The monoisotopic (exact) mass is 162 g/mol. The summed E-state index contributed by atoms with van der Waals surface area (Å²) in [5, 5.41) is 0. The molecule has 0 unspecified atom stereocenters. The molecule has 0 heterocycles. The molecule has 0 aliphatic carbocycles. The highest BCUT2D eigenvalue weighted by Crippen LogP contribution is 2.21. The summed E-state index contributed by atoms with van der Waals surface area (Å²) >= 11 is 0. The van der Waals surface area contributed by atoms with Crippen LogP contribution in [0.15, 0.2) is 18.2 Å². The van der Waals surface area contributed by atoms with Gasteiger partial charge in [0.25, 0.3) is 0 Å². The van der Waals surface area contributed by atoms with E-state index in [0.717, 1.165) is 0 Å². The lowest BCUT2D eigenvalue weighted by atomic mass is 9.86. The number of hydrogen-bond acceptors (Lipinski definition) is 1. The molecule has 65 valence electrons. The summed E-state index contributed by atoms with van der Waals surface area (Å²) in [7, 11) is 0. The number of nitrogens with two attached hydrogens (primary N) is 1. The van der Waals surface area contributed by atoms with Crippen LogP contribution < -0.4 is 5.73 Å². The zero-order valence-electron chi connectivity index (χ0n) is 8.02. The normalized spacial score (nSPS) is 11.7. The lowest BCUT2D eigenvalue weighted by Crippen LogP contribution is -2.12. The zero-order chi connectivity index (χ0) is 9.19. The van der Waals surface area contributed by atoms with Crippen molar-refractivity contribution in [1.82, 2.24) is 0 Å². The molecule has 0 saturated carbocycles. The molecule has 0 aliphatic rings. The Kier molecular flexibility index (Phi) is 2.53. The maximum Gasteiger partial charge on any atom is 0.0178 e. The third-order valence-corrected chi connectivity index (χ3v) is 1.91. The van der Waals surface area contributed by atoms with Crippen LogP contribution in [0.2, 0.25) is 0 Å². The van der Waals surface area contributed by atoms with Crippen LogP contribution in [-0.4, -0.2) is 0 Å². The van der Waals surface area contributed by atoms with Crippen LogP contribution in [0.1, 0.15) is 31.9 Å². The first-order valence-electron chi connectivity index (χ1n) is 4.25. The first-order chi connectivity index (χ1) is 5.54. The molecule has 12 heavy (non-hydrogen) atoms. The standard InChI is InChI=1S/C11H16N/c1-11(2,3)10-6-4-5-9(7-10)8-12/h4-5,7H,8,12H2,1-3H3. The summed E-state index contributed by atoms with van der Waals surface area (Å²) in [6.07, 6.45) is 0. The quantitative estimate of drug-likeness (QED) is 0.673. The third kappa shape index (κ3) is 2.08. The van der Waals surface area contributed by atoms with Gasteiger partial charge in [-0.1, -0.05) is 39.0 Å². The Morgan fingerprint density at radius 2 is 2.08 bits per heavy atom. The van der Waals surface area contributed by atoms with E-state index < -0.39 is 0 Å². The van der Waals surface area contributed by atoms with Crippen molar-refractivity contribution in [3.8, 4) is 0 Å². The van der Waals surface area contributed by atoms with Gasteiger partial charge in [0.2, 0.25) is 0 Å². The maximum atomic E-state index is 5.55. The summed E-state index contributed by atoms with van der Waals surface area (Å²) in [6, 6.07) is 9.31. The number of hydrogen-bond donors (Lipinski definition) is 1. The van der Waals surface area contributed by atoms with Crippen molar-refractivity contribution >= 4 is 0 Å². The van der Waals surface area contributed by atoms with Crippen molar-refractivity contribution in [2.75, 3.05) is 0 Å². The molecule has 0 aromatic heterocycles. The minimum atomic E-state index is 0.172. The van der Waals surface area contributed by atoms with Gasteiger partial charge in [-0.25, -0.2) is 0 Å². The Morgan fingerprint density at radius 3 is 2.58 bits per heavy atom. The van der Waals surface area contributed by atoms with E-state index in [1.807, 2.05) is 12.1 Å². The zero-order valence-corrected chi connectivity index (χ0v) is 8.02. The van der Waals surface area contributed by atoms with Gasteiger partial charge in [0.15, 0.2) is 0 Å². The summed E-state index contributed by atoms with van der Waals surface area (Å²) < 4.78 is 0. The van der Waals surface area contributed by atoms with Gasteiger partial charge in [0.05, 0.1) is 0 Å². The van der Waals surface area contributed by atoms with Crippen LogP contribution in [0, 0.1) is 6.07 Å². The van der Waals surface area contributed by atoms with Gasteiger partial charge in [-0.05, 0) is 22.6 Å². The van der Waals surface area contributed by atoms with Gasteiger partial charge in [0.1, 0.15) is 0 Å². The van der Waals surface area contributed by atoms with E-state index >= 15 is 0 Å². The lowest BCUT2D eigenvalue weighted by molar-refractivity contribution is 0.588. The van der Waals surface area contributed by atoms with Crippen molar-refractivity contribution in [3.63, 3.8) is 0 Å². The number of rotatable bonds is 1. The van der Waals surface area contributed by atoms with E-state index in [9.17, 15) is 0 Å². The Labute approximate surface area is 74.6 Å². The minimum absolute atomic E-state index is 0.172. The van der Waals surface area contributed by atoms with E-state index in [0.29, 0.717) is 6.54 Å². The molecule has 1 aromatic rings. The fraction of sp³-hybridized carbons (Fsp3) is 0.455. The molecule has 0 amide bonds. The SMILES string of the molecule is CC(C)(C)c1[c]ccc(CN)c1. The molecule has 1 rings (SSSR count). The molecule has 0 fully saturated rings. The Bertz CT molecular complexity index is 258. The van der Waals surface area contributed by atoms with E-state index in [4.69, 9.17) is 5.73 Å². The smallest absolute Gasteiger partial charge is 0.0178 e. The molecule has 1 heteroatoms. The van der Waals surface area contributed by atoms with E-state index in [-0.39, 0.29) is 5.41 Å². The van der Waals surface area contributed by atoms with Crippen LogP contribution in [0.25, 0.3) is 0 Å². The summed E-state index contributed by atoms with van der Waals surface area (Å²) in [6.45, 7) is 7.15. The van der Waals surface area contributed by atoms with E-state index in [1.165, 1.54) is 11.1 Å². The van der Waals surface area contributed by atoms with Crippen molar-refractivity contribution in [2.24, 2.45) is 5.73 Å². The van der Waals surface area contributed by atoms with Gasteiger partial charge in [-0.2, -0.15) is 0 Å². The molecular weight excluding hydrogens is 146 g/mol. The molecule has 1 radical (unpaired) electrons. The summed E-state index contributed by atoms with van der Waals surface area (Å²) in [4.78, 5) is 0. The molecule has 1 aromatic carbocycles. The average molecular weight is 162 g/mol. The van der Waals surface area contributed by atoms with Crippen LogP contribution >= 0.6 is 0 Å². The number of benzene rings is 1. The van der Waals surface area contributed by atoms with Gasteiger partial charge in [0, 0.05) is 6.54 Å². The first kappa shape index (κ1) is 9.27. The summed E-state index contributed by atoms with van der Waals surface area (Å²) in [5.74, 6) is 0. The lowest BCUT2D eigenvalue weighted by Gasteiger charge is -2.18. The van der Waals surface area contributed by atoms with Crippen molar-refractivity contribution in [2.45, 2.75) is 32.7 Å². The minimum Gasteiger partial charge on any atom is -0.326 e. The van der Waals surface area contributed by atoms with E-state index in [2.05, 4.69) is 32.9 Å². The van der Waals surface area contributed by atoms with Crippen molar-refractivity contribution in [1.29, 1.82) is 0 Å². The molecule has 2 N–H and O–H groups in total. The molecule has 0 bridgehead atoms. The van der Waals surface area contributed by atoms with Crippen LogP contribution in [0.5, 0.6) is 0 Å². The molecular formula is C11H16N. The largest absolute Gasteiger partial charge is 0.326 e. The second kappa shape index (κ2) is 3.28. The van der Waals surface area contributed by atoms with Crippen molar-refractivity contribution < 1.29 is 0 Å². The summed E-state index contributed by atoms with van der Waals surface area (Å²) in [5.41, 5.74) is 8.13. The predicted octanol–water partition coefficient (Wildman–Crippen LogP) is 2.24. The fourth-order valence-corrected chi connectivity index (χ4v) is 1.07. The van der Waals surface area contributed by atoms with Gasteiger partial charge < -0.3 is 5.73 Å². The second-order valence-electron chi connectivity index (χ2n) is 4.06. The Morgan fingerprint density at radius 1 is 1.42 bits per heavy atom. The second-order valence-corrected chi connectivity index (χ2v) is 4.06. The maximum absolute atomic E-state index is 5.55. The van der Waals surface area contributed by atoms with Gasteiger partial charge in [-0.3, -0.25) is 0 Å². The predicted molar refractivity (Wildman–Crippen MR) is 51.9 cm³/mol. The topological polar surface area (TPSA) is 26.0 Å². The van der Waals surface area contributed by atoms with Gasteiger partial charge in [-0.15, -0.1) is 0 Å². The van der Waals surface area contributed by atoms with Crippen LogP contribution in [-0.2, 0) is 12.0 Å². The third-order valence-electron chi connectivity index (χ3n) is 1.91. The average Bonchev–Trinajstić information content (AvgIpc) is 2.03. The van der Waals surface area contributed by atoms with Crippen LogP contribution in [0.4, 0.5) is 0 Å². The molecule has 0 saturated heterocycles. The van der Waals surface area contributed by atoms with Crippen molar-refractivity contribution in [3.05, 3.63) is 35.4 Å². The van der Waals surface area contributed by atoms with E-state index in [1.54, 1.807) is 0 Å². The molecule has 1 nitrogen and oxygen atoms in total. The molecule has 0 atom stereocenters. The van der Waals surface area contributed by atoms with Crippen LogP contribution in [0.3, 0.4) is 0 Å². The molecule has 0 aliphatic heterocycles. The Hall–Kier alpha value is -0.820. The highest BCUT2D eigenvalue weighted by atomic mass is 14.5. The Balaban J connectivity index is 3.02. The highest BCUT2D eigenvalue weighted by Gasteiger charge is 2.13. The fourth-order valence-electron chi connectivity index (χ4n) is 1.07. The van der Waals surface area contributed by atoms with Gasteiger partial charge >= 0.3 is 0 Å².